The number of rotatable bonds is 6. The van der Waals surface area contributed by atoms with E-state index in [0.29, 0.717) is 12.5 Å². The Hall–Kier alpha value is -1.10. The Labute approximate surface area is 127 Å². The fourth-order valence-corrected chi connectivity index (χ4v) is 3.68. The van der Waals surface area contributed by atoms with E-state index in [1.165, 1.54) is 12.8 Å². The minimum Gasteiger partial charge on any atom is -0.481 e. The molecule has 1 heterocycles. The Balaban J connectivity index is 1.88. The van der Waals surface area contributed by atoms with Crippen LogP contribution in [-0.4, -0.2) is 46.6 Å². The van der Waals surface area contributed by atoms with Gasteiger partial charge in [0.15, 0.2) is 0 Å². The summed E-state index contributed by atoms with van der Waals surface area (Å²) in [6.45, 7) is 2.87. The standard InChI is InChI=1S/C16H28N2O3/c1-12(16(21)17-13-6-2-3-7-13)18-11-5-4-8-14(18)9-10-15(19)20/h12-14H,2-11H2,1H3,(H,17,21)(H,19,20). The van der Waals surface area contributed by atoms with E-state index in [0.717, 1.165) is 38.6 Å². The summed E-state index contributed by atoms with van der Waals surface area (Å²) in [5.74, 6) is -0.632. The fraction of sp³-hybridized carbons (Fsp3) is 0.875. The topological polar surface area (TPSA) is 69.6 Å². The zero-order valence-corrected chi connectivity index (χ0v) is 13.0. The second kappa shape index (κ2) is 7.78. The molecule has 2 rings (SSSR count). The average molecular weight is 296 g/mol. The van der Waals surface area contributed by atoms with E-state index < -0.39 is 5.97 Å². The van der Waals surface area contributed by atoms with Crippen LogP contribution in [0.15, 0.2) is 0 Å². The number of carbonyl (C=O) groups is 2. The van der Waals surface area contributed by atoms with Gasteiger partial charge in [0.1, 0.15) is 0 Å². The van der Waals surface area contributed by atoms with Crippen molar-refractivity contribution in [3.05, 3.63) is 0 Å². The van der Waals surface area contributed by atoms with Gasteiger partial charge < -0.3 is 10.4 Å². The molecule has 0 aromatic carbocycles. The molecule has 2 unspecified atom stereocenters. The predicted octanol–water partition coefficient (Wildman–Crippen LogP) is 2.15. The van der Waals surface area contributed by atoms with Gasteiger partial charge in [-0.25, -0.2) is 0 Å². The number of piperidine rings is 1. The monoisotopic (exact) mass is 296 g/mol. The third-order valence-corrected chi connectivity index (χ3v) is 4.94. The SMILES string of the molecule is CC(C(=O)NC1CCCC1)N1CCCCC1CCC(=O)O. The molecule has 2 atom stereocenters. The first-order chi connectivity index (χ1) is 10.1. The normalized spacial score (nSPS) is 25.7. The van der Waals surface area contributed by atoms with Crippen LogP contribution < -0.4 is 5.32 Å². The predicted molar refractivity (Wildman–Crippen MR) is 81.1 cm³/mol. The van der Waals surface area contributed by atoms with Gasteiger partial charge in [0.25, 0.3) is 0 Å². The molecule has 21 heavy (non-hydrogen) atoms. The van der Waals surface area contributed by atoms with Crippen LogP contribution in [0.3, 0.4) is 0 Å². The summed E-state index contributed by atoms with van der Waals surface area (Å²) >= 11 is 0. The largest absolute Gasteiger partial charge is 0.481 e. The molecule has 5 heteroatoms. The second-order valence-corrected chi connectivity index (χ2v) is 6.49. The average Bonchev–Trinajstić information content (AvgIpc) is 2.97. The Kier molecular flexibility index (Phi) is 6.03. The van der Waals surface area contributed by atoms with E-state index in [2.05, 4.69) is 10.2 Å². The molecule has 1 saturated heterocycles. The van der Waals surface area contributed by atoms with Gasteiger partial charge in [-0.3, -0.25) is 14.5 Å². The van der Waals surface area contributed by atoms with E-state index in [-0.39, 0.29) is 24.4 Å². The van der Waals surface area contributed by atoms with Crippen molar-refractivity contribution in [1.29, 1.82) is 0 Å². The van der Waals surface area contributed by atoms with Crippen LogP contribution in [0, 0.1) is 0 Å². The first-order valence-electron chi connectivity index (χ1n) is 8.36. The molecular formula is C16H28N2O3. The number of carboxylic acid groups (broad SMARTS) is 1. The number of aliphatic carboxylic acids is 1. The van der Waals surface area contributed by atoms with Crippen molar-refractivity contribution in [2.24, 2.45) is 0 Å². The van der Waals surface area contributed by atoms with Crippen molar-refractivity contribution in [1.82, 2.24) is 10.2 Å². The molecule has 1 saturated carbocycles. The maximum absolute atomic E-state index is 12.4. The number of nitrogens with zero attached hydrogens (tertiary/aromatic N) is 1. The molecule has 0 aromatic rings. The minimum absolute atomic E-state index is 0.115. The summed E-state index contributed by atoms with van der Waals surface area (Å²) in [6, 6.07) is 0.436. The lowest BCUT2D eigenvalue weighted by Crippen LogP contribution is -2.53. The lowest BCUT2D eigenvalue weighted by atomic mass is 9.96. The first-order valence-corrected chi connectivity index (χ1v) is 8.36. The highest BCUT2D eigenvalue weighted by molar-refractivity contribution is 5.81. The molecule has 1 aliphatic heterocycles. The molecule has 2 aliphatic rings. The van der Waals surface area contributed by atoms with Crippen molar-refractivity contribution in [2.45, 2.75) is 82.8 Å². The van der Waals surface area contributed by atoms with Crippen LogP contribution in [0.1, 0.15) is 64.7 Å². The molecule has 5 nitrogen and oxygen atoms in total. The maximum atomic E-state index is 12.4. The highest BCUT2D eigenvalue weighted by Gasteiger charge is 2.31. The maximum Gasteiger partial charge on any atom is 0.303 e. The number of carboxylic acids is 1. The molecule has 2 fully saturated rings. The van der Waals surface area contributed by atoms with E-state index in [9.17, 15) is 9.59 Å². The summed E-state index contributed by atoms with van der Waals surface area (Å²) in [4.78, 5) is 25.4. The summed E-state index contributed by atoms with van der Waals surface area (Å²) in [7, 11) is 0. The highest BCUT2D eigenvalue weighted by atomic mass is 16.4. The van der Waals surface area contributed by atoms with Crippen molar-refractivity contribution >= 4 is 11.9 Å². The van der Waals surface area contributed by atoms with Gasteiger partial charge in [0, 0.05) is 18.5 Å². The number of hydrogen-bond donors (Lipinski definition) is 2. The van der Waals surface area contributed by atoms with Gasteiger partial charge >= 0.3 is 5.97 Å². The van der Waals surface area contributed by atoms with E-state index >= 15 is 0 Å². The number of carbonyl (C=O) groups excluding carboxylic acids is 1. The number of likely N-dealkylation sites (tertiary alicyclic amines) is 1. The third-order valence-electron chi connectivity index (χ3n) is 4.94. The zero-order valence-electron chi connectivity index (χ0n) is 13.0. The Morgan fingerprint density at radius 1 is 1.19 bits per heavy atom. The van der Waals surface area contributed by atoms with Gasteiger partial charge in [0.2, 0.25) is 5.91 Å². The van der Waals surface area contributed by atoms with Crippen molar-refractivity contribution in [2.75, 3.05) is 6.54 Å². The van der Waals surface area contributed by atoms with Crippen molar-refractivity contribution < 1.29 is 14.7 Å². The van der Waals surface area contributed by atoms with Crippen molar-refractivity contribution in [3.63, 3.8) is 0 Å². The van der Waals surface area contributed by atoms with Crippen molar-refractivity contribution in [3.8, 4) is 0 Å². The molecule has 0 spiro atoms. The van der Waals surface area contributed by atoms with Crippen LogP contribution in [0.5, 0.6) is 0 Å². The number of nitrogens with one attached hydrogen (secondary N) is 1. The zero-order chi connectivity index (χ0) is 15.2. The molecule has 1 aliphatic carbocycles. The number of hydrogen-bond acceptors (Lipinski definition) is 3. The molecule has 0 aromatic heterocycles. The van der Waals surface area contributed by atoms with E-state index in [1.807, 2.05) is 6.92 Å². The smallest absolute Gasteiger partial charge is 0.303 e. The fourth-order valence-electron chi connectivity index (χ4n) is 3.68. The Morgan fingerprint density at radius 2 is 1.86 bits per heavy atom. The van der Waals surface area contributed by atoms with Crippen LogP contribution in [0.2, 0.25) is 0 Å². The van der Waals surface area contributed by atoms with Gasteiger partial charge in [-0.05, 0) is 45.6 Å². The summed E-state index contributed by atoms with van der Waals surface area (Å²) in [6.07, 6.45) is 8.71. The van der Waals surface area contributed by atoms with Crippen LogP contribution in [-0.2, 0) is 9.59 Å². The molecule has 2 N–H and O–H groups in total. The van der Waals surface area contributed by atoms with Crippen LogP contribution >= 0.6 is 0 Å². The van der Waals surface area contributed by atoms with Gasteiger partial charge in [-0.15, -0.1) is 0 Å². The lowest BCUT2D eigenvalue weighted by molar-refractivity contribution is -0.137. The first kappa shape index (κ1) is 16.3. The second-order valence-electron chi connectivity index (χ2n) is 6.49. The van der Waals surface area contributed by atoms with Crippen LogP contribution in [0.4, 0.5) is 0 Å². The third kappa shape index (κ3) is 4.70. The van der Waals surface area contributed by atoms with E-state index in [4.69, 9.17) is 5.11 Å². The van der Waals surface area contributed by atoms with E-state index in [1.54, 1.807) is 0 Å². The number of amides is 1. The molecule has 120 valence electrons. The molecule has 1 amide bonds. The lowest BCUT2D eigenvalue weighted by Gasteiger charge is -2.39. The molecule has 0 bridgehead atoms. The minimum atomic E-state index is -0.747. The highest BCUT2D eigenvalue weighted by Crippen LogP contribution is 2.24. The molecular weight excluding hydrogens is 268 g/mol. The summed E-state index contributed by atoms with van der Waals surface area (Å²) < 4.78 is 0. The summed E-state index contributed by atoms with van der Waals surface area (Å²) in [5, 5.41) is 12.0. The van der Waals surface area contributed by atoms with Gasteiger partial charge in [-0.1, -0.05) is 19.3 Å². The molecule has 0 radical (unpaired) electrons. The summed E-state index contributed by atoms with van der Waals surface area (Å²) in [5.41, 5.74) is 0. The quantitative estimate of drug-likeness (QED) is 0.788. The van der Waals surface area contributed by atoms with Gasteiger partial charge in [0.05, 0.1) is 6.04 Å². The Morgan fingerprint density at radius 3 is 2.52 bits per heavy atom. The van der Waals surface area contributed by atoms with Crippen LogP contribution in [0.25, 0.3) is 0 Å². The Bertz CT molecular complexity index is 367. The van der Waals surface area contributed by atoms with Gasteiger partial charge in [-0.2, -0.15) is 0 Å².